The number of aryl methyl sites for hydroxylation is 1. The second-order valence-electron chi connectivity index (χ2n) is 7.10. The van der Waals surface area contributed by atoms with Gasteiger partial charge < -0.3 is 5.73 Å². The third kappa shape index (κ3) is 4.33. The predicted octanol–water partition coefficient (Wildman–Crippen LogP) is 5.01. The molecule has 140 valence electrons. The summed E-state index contributed by atoms with van der Waals surface area (Å²) in [6.45, 7) is 4.22. The van der Waals surface area contributed by atoms with Crippen LogP contribution in [0.4, 0.5) is 4.39 Å². The van der Waals surface area contributed by atoms with Crippen LogP contribution in [-0.2, 0) is 6.42 Å². The molecule has 4 heteroatoms. The number of benzene rings is 2. The smallest absolute Gasteiger partial charge is 0.251 e. The number of rotatable bonds is 5. The summed E-state index contributed by atoms with van der Waals surface area (Å²) in [6, 6.07) is 11.0. The number of hydrogen-bond donors (Lipinski definition) is 1. The van der Waals surface area contributed by atoms with Gasteiger partial charge >= 0.3 is 0 Å². The fourth-order valence-corrected chi connectivity index (χ4v) is 3.56. The van der Waals surface area contributed by atoms with Crippen LogP contribution in [0.15, 0.2) is 53.2 Å². The van der Waals surface area contributed by atoms with E-state index in [-0.39, 0.29) is 11.5 Å². The van der Waals surface area contributed by atoms with E-state index >= 15 is 0 Å². The maximum atomic E-state index is 14.3. The van der Waals surface area contributed by atoms with Crippen LogP contribution < -0.4 is 5.73 Å². The predicted molar refractivity (Wildman–Crippen MR) is 108 cm³/mol. The number of carbonyl (C=O) groups is 1. The zero-order valence-electron chi connectivity index (χ0n) is 15.8. The van der Waals surface area contributed by atoms with Gasteiger partial charge in [-0.1, -0.05) is 30.3 Å². The van der Waals surface area contributed by atoms with Crippen molar-refractivity contribution in [1.82, 2.24) is 0 Å². The molecule has 27 heavy (non-hydrogen) atoms. The highest BCUT2D eigenvalue weighted by Gasteiger charge is 2.21. The van der Waals surface area contributed by atoms with E-state index in [4.69, 9.17) is 10.7 Å². The Morgan fingerprint density at radius 1 is 1.22 bits per heavy atom. The van der Waals surface area contributed by atoms with E-state index in [0.717, 1.165) is 30.5 Å². The maximum Gasteiger partial charge on any atom is 0.251 e. The van der Waals surface area contributed by atoms with Gasteiger partial charge in [-0.2, -0.15) is 0 Å². The Bertz CT molecular complexity index is 915. The first-order valence-electron chi connectivity index (χ1n) is 9.34. The minimum Gasteiger partial charge on any atom is -0.366 e. The van der Waals surface area contributed by atoms with Crippen LogP contribution >= 0.6 is 0 Å². The lowest BCUT2D eigenvalue weighted by Crippen LogP contribution is -2.14. The summed E-state index contributed by atoms with van der Waals surface area (Å²) in [4.78, 5) is 16.0. The molecule has 0 bridgehead atoms. The van der Waals surface area contributed by atoms with Crippen molar-refractivity contribution in [2.75, 3.05) is 0 Å². The van der Waals surface area contributed by atoms with Crippen molar-refractivity contribution in [1.29, 1.82) is 0 Å². The van der Waals surface area contributed by atoms with Crippen molar-refractivity contribution >= 4 is 12.1 Å². The third-order valence-corrected chi connectivity index (χ3v) is 5.25. The van der Waals surface area contributed by atoms with Crippen LogP contribution in [0.25, 0.3) is 0 Å². The lowest BCUT2D eigenvalue weighted by atomic mass is 9.85. The summed E-state index contributed by atoms with van der Waals surface area (Å²) < 4.78 is 14.3. The van der Waals surface area contributed by atoms with Crippen LogP contribution in [0.2, 0.25) is 0 Å². The second kappa shape index (κ2) is 8.30. The molecule has 2 N–H and O–H groups in total. The van der Waals surface area contributed by atoms with Crippen molar-refractivity contribution < 1.29 is 9.18 Å². The molecule has 0 saturated heterocycles. The summed E-state index contributed by atoms with van der Waals surface area (Å²) in [5.74, 6) is -1.28. The van der Waals surface area contributed by atoms with Crippen molar-refractivity contribution in [2.24, 2.45) is 10.7 Å². The van der Waals surface area contributed by atoms with E-state index in [1.54, 1.807) is 6.07 Å². The Kier molecular flexibility index (Phi) is 5.84. The number of primary amides is 1. The summed E-state index contributed by atoms with van der Waals surface area (Å²) in [5.41, 5.74) is 10.7. The molecule has 3 rings (SSSR count). The fraction of sp³-hybridized carbons (Fsp3) is 0.304. The highest BCUT2D eigenvalue weighted by Crippen LogP contribution is 2.34. The standard InChI is InChI=1S/C23H25FN2O/c1-15-7-6-8-18(16(15)2)20(22-9-4-3-5-12-26-22)13-17-10-11-19(23(25)27)21(24)14-17/h6-12,14,20H,3-5,13H2,1-2H3,(H2,25,27). The van der Waals surface area contributed by atoms with Gasteiger partial charge in [0.25, 0.3) is 5.91 Å². The molecule has 1 heterocycles. The highest BCUT2D eigenvalue weighted by atomic mass is 19.1. The van der Waals surface area contributed by atoms with Gasteiger partial charge in [0.05, 0.1) is 5.56 Å². The van der Waals surface area contributed by atoms with Gasteiger partial charge in [0.2, 0.25) is 0 Å². The zero-order chi connectivity index (χ0) is 19.4. The minimum atomic E-state index is -0.749. The Morgan fingerprint density at radius 3 is 2.78 bits per heavy atom. The van der Waals surface area contributed by atoms with E-state index in [9.17, 15) is 9.18 Å². The van der Waals surface area contributed by atoms with Gasteiger partial charge in [-0.15, -0.1) is 0 Å². The molecule has 0 radical (unpaired) electrons. The van der Waals surface area contributed by atoms with Crippen LogP contribution in [0.5, 0.6) is 0 Å². The van der Waals surface area contributed by atoms with Crippen molar-refractivity contribution in [3.8, 4) is 0 Å². The molecule has 0 saturated carbocycles. The van der Waals surface area contributed by atoms with Gasteiger partial charge in [0, 0.05) is 17.8 Å². The first kappa shape index (κ1) is 19.0. The molecule has 0 aliphatic carbocycles. The maximum absolute atomic E-state index is 14.3. The van der Waals surface area contributed by atoms with Crippen molar-refractivity contribution in [3.05, 3.63) is 81.8 Å². The lowest BCUT2D eigenvalue weighted by Gasteiger charge is -2.22. The molecule has 1 aliphatic heterocycles. The highest BCUT2D eigenvalue weighted by molar-refractivity contribution is 5.93. The molecule has 0 aromatic heterocycles. The molecule has 3 nitrogen and oxygen atoms in total. The SMILES string of the molecule is Cc1cccc(C(Cc2ccc(C(N)=O)c(F)c2)C2=CCCCC=N2)c1C. The van der Waals surface area contributed by atoms with Crippen LogP contribution in [-0.4, -0.2) is 12.1 Å². The summed E-state index contributed by atoms with van der Waals surface area (Å²) in [7, 11) is 0. The van der Waals surface area contributed by atoms with E-state index in [1.807, 2.05) is 6.21 Å². The molecule has 2 aromatic rings. The van der Waals surface area contributed by atoms with Crippen LogP contribution in [0.3, 0.4) is 0 Å². The molecule has 1 unspecified atom stereocenters. The molecular formula is C23H25FN2O. The third-order valence-electron chi connectivity index (χ3n) is 5.25. The number of nitrogens with two attached hydrogens (primary N) is 1. The molecule has 1 amide bonds. The quantitative estimate of drug-likeness (QED) is 0.797. The van der Waals surface area contributed by atoms with Gasteiger partial charge in [0.1, 0.15) is 5.82 Å². The first-order chi connectivity index (χ1) is 13.0. The van der Waals surface area contributed by atoms with E-state index in [1.165, 1.54) is 28.8 Å². The number of halogens is 1. The average molecular weight is 364 g/mol. The molecule has 0 fully saturated rings. The normalized spacial score (nSPS) is 15.1. The van der Waals surface area contributed by atoms with Crippen molar-refractivity contribution in [2.45, 2.75) is 45.4 Å². The van der Waals surface area contributed by atoms with Crippen molar-refractivity contribution in [3.63, 3.8) is 0 Å². The minimum absolute atomic E-state index is 0.0399. The van der Waals surface area contributed by atoms with Gasteiger partial charge in [-0.25, -0.2) is 4.39 Å². The van der Waals surface area contributed by atoms with Crippen LogP contribution in [0, 0.1) is 19.7 Å². The molecule has 1 atom stereocenters. The Hall–Kier alpha value is -2.75. The van der Waals surface area contributed by atoms with E-state index in [2.05, 4.69) is 38.1 Å². The summed E-state index contributed by atoms with van der Waals surface area (Å²) in [6.07, 6.45) is 7.85. The summed E-state index contributed by atoms with van der Waals surface area (Å²) in [5, 5.41) is 0. The van der Waals surface area contributed by atoms with E-state index < -0.39 is 11.7 Å². The Balaban J connectivity index is 2.02. The number of nitrogens with zero attached hydrogens (tertiary/aromatic N) is 1. The van der Waals surface area contributed by atoms with Gasteiger partial charge in [-0.05, 0) is 73.9 Å². The number of aliphatic imine (C=N–C) groups is 1. The average Bonchev–Trinajstić information content (AvgIpc) is 2.91. The molecule has 0 spiro atoms. The van der Waals surface area contributed by atoms with Gasteiger partial charge in [0.15, 0.2) is 0 Å². The number of hydrogen-bond acceptors (Lipinski definition) is 2. The van der Waals surface area contributed by atoms with Crippen LogP contribution in [0.1, 0.15) is 57.8 Å². The molecule has 1 aliphatic rings. The Labute approximate surface area is 159 Å². The second-order valence-corrected chi connectivity index (χ2v) is 7.10. The monoisotopic (exact) mass is 364 g/mol. The first-order valence-corrected chi connectivity index (χ1v) is 9.34. The largest absolute Gasteiger partial charge is 0.366 e. The van der Waals surface area contributed by atoms with E-state index in [0.29, 0.717) is 6.42 Å². The number of carbonyl (C=O) groups excluding carboxylic acids is 1. The topological polar surface area (TPSA) is 55.5 Å². The van der Waals surface area contributed by atoms with Gasteiger partial charge in [-0.3, -0.25) is 9.79 Å². The Morgan fingerprint density at radius 2 is 2.04 bits per heavy atom. The number of allylic oxidation sites excluding steroid dienone is 2. The lowest BCUT2D eigenvalue weighted by molar-refractivity contribution is 0.0996. The number of amides is 1. The molecule has 2 aromatic carbocycles. The zero-order valence-corrected chi connectivity index (χ0v) is 15.8. The summed E-state index contributed by atoms with van der Waals surface area (Å²) >= 11 is 0. The molecular weight excluding hydrogens is 339 g/mol. The fourth-order valence-electron chi connectivity index (χ4n) is 3.56.